The van der Waals surface area contributed by atoms with Gasteiger partial charge in [0.25, 0.3) is 0 Å². The minimum absolute atomic E-state index is 1.18. The fourth-order valence-electron chi connectivity index (χ4n) is 8.48. The lowest BCUT2D eigenvalue weighted by Gasteiger charge is -2.36. The summed E-state index contributed by atoms with van der Waals surface area (Å²) in [5.41, 5.74) is 4.94. The number of unbranched alkanes of at least 4 members (excludes halogenated alkanes) is 10. The lowest BCUT2D eigenvalue weighted by Crippen LogP contribution is -2.46. The molecule has 0 bridgehead atoms. The summed E-state index contributed by atoms with van der Waals surface area (Å²) in [7, 11) is 0. The Bertz CT molecular complexity index is 758. The number of benzene rings is 1. The summed E-state index contributed by atoms with van der Waals surface area (Å²) in [6.07, 6.45) is 25.6. The van der Waals surface area contributed by atoms with Gasteiger partial charge in [-0.25, -0.2) is 0 Å². The second kappa shape index (κ2) is 17.3. The van der Waals surface area contributed by atoms with E-state index in [1.165, 1.54) is 197 Å². The Morgan fingerprint density at radius 2 is 0.900 bits per heavy atom. The molecular formula is C37H67N3+2. The second-order valence-electron chi connectivity index (χ2n) is 14.4. The molecule has 40 heavy (non-hydrogen) atoms. The van der Waals surface area contributed by atoms with Gasteiger partial charge in [0, 0.05) is 43.4 Å². The van der Waals surface area contributed by atoms with Crippen molar-refractivity contribution in [2.24, 2.45) is 0 Å². The van der Waals surface area contributed by atoms with Gasteiger partial charge >= 0.3 is 0 Å². The van der Waals surface area contributed by atoms with E-state index in [9.17, 15) is 0 Å². The molecule has 3 aliphatic heterocycles. The molecule has 0 saturated carbocycles. The molecule has 1 aromatic rings. The third kappa shape index (κ3) is 10.4. The third-order valence-corrected chi connectivity index (χ3v) is 10.8. The monoisotopic (exact) mass is 554 g/mol. The van der Waals surface area contributed by atoms with Crippen LogP contribution >= 0.6 is 0 Å². The summed E-state index contributed by atoms with van der Waals surface area (Å²) in [6.45, 7) is 19.5. The number of hydrogen-bond donors (Lipinski definition) is 0. The molecule has 0 radical (unpaired) electrons. The molecule has 1 aromatic carbocycles. The van der Waals surface area contributed by atoms with E-state index in [1.807, 2.05) is 0 Å². The van der Waals surface area contributed by atoms with Gasteiger partial charge in [-0.05, 0) is 75.4 Å². The first-order valence-electron chi connectivity index (χ1n) is 18.2. The van der Waals surface area contributed by atoms with Gasteiger partial charge in [0.15, 0.2) is 0 Å². The van der Waals surface area contributed by atoms with Crippen LogP contribution in [0.4, 0.5) is 0 Å². The molecule has 3 saturated heterocycles. The van der Waals surface area contributed by atoms with Gasteiger partial charge in [0.2, 0.25) is 0 Å². The Labute approximate surface area is 249 Å². The molecular weight excluding hydrogens is 486 g/mol. The number of likely N-dealkylation sites (tertiary alicyclic amines) is 3. The summed E-state index contributed by atoms with van der Waals surface area (Å²) >= 11 is 0. The zero-order valence-electron chi connectivity index (χ0n) is 27.1. The SMILES string of the molecule is CCCCCCCC[N+]1(Cc2cc(CN3CCCC3)cc(C[N+]3(CCCCCCCC)CCCC3)c2)CCCC1. The lowest BCUT2D eigenvalue weighted by atomic mass is 10.0. The molecule has 0 atom stereocenters. The zero-order valence-corrected chi connectivity index (χ0v) is 27.1. The van der Waals surface area contributed by atoms with E-state index >= 15 is 0 Å². The molecule has 0 amide bonds. The third-order valence-electron chi connectivity index (χ3n) is 10.8. The van der Waals surface area contributed by atoms with E-state index in [0.717, 1.165) is 0 Å². The van der Waals surface area contributed by atoms with E-state index < -0.39 is 0 Å². The first kappa shape index (κ1) is 32.0. The summed E-state index contributed by atoms with van der Waals surface area (Å²) in [6, 6.07) is 7.97. The van der Waals surface area contributed by atoms with Crippen molar-refractivity contribution in [2.75, 3.05) is 52.4 Å². The first-order valence-corrected chi connectivity index (χ1v) is 18.2. The van der Waals surface area contributed by atoms with Crippen LogP contribution in [0.1, 0.15) is 146 Å². The van der Waals surface area contributed by atoms with E-state index in [1.54, 1.807) is 16.7 Å². The van der Waals surface area contributed by atoms with Crippen molar-refractivity contribution in [3.63, 3.8) is 0 Å². The van der Waals surface area contributed by atoms with Crippen molar-refractivity contribution < 1.29 is 8.97 Å². The molecule has 3 nitrogen and oxygen atoms in total. The van der Waals surface area contributed by atoms with Gasteiger partial charge in [-0.15, -0.1) is 0 Å². The van der Waals surface area contributed by atoms with E-state index in [4.69, 9.17) is 0 Å². The Kier molecular flexibility index (Phi) is 13.8. The largest absolute Gasteiger partial charge is 0.320 e. The van der Waals surface area contributed by atoms with Crippen LogP contribution in [0.2, 0.25) is 0 Å². The highest BCUT2D eigenvalue weighted by Crippen LogP contribution is 2.30. The van der Waals surface area contributed by atoms with Crippen LogP contribution in [0.3, 0.4) is 0 Å². The maximum absolute atomic E-state index is 2.72. The topological polar surface area (TPSA) is 3.24 Å². The van der Waals surface area contributed by atoms with Crippen molar-refractivity contribution >= 4 is 0 Å². The molecule has 3 heteroatoms. The summed E-state index contributed by atoms with van der Waals surface area (Å²) < 4.78 is 2.75. The van der Waals surface area contributed by atoms with Gasteiger partial charge < -0.3 is 8.97 Å². The highest BCUT2D eigenvalue weighted by atomic mass is 15.4. The van der Waals surface area contributed by atoms with Crippen LogP contribution < -0.4 is 0 Å². The Balaban J connectivity index is 1.44. The van der Waals surface area contributed by atoms with Crippen LogP contribution in [0.5, 0.6) is 0 Å². The van der Waals surface area contributed by atoms with Gasteiger partial charge in [0.1, 0.15) is 13.1 Å². The molecule has 228 valence electrons. The zero-order chi connectivity index (χ0) is 27.9. The molecule has 0 spiro atoms. The Morgan fingerprint density at radius 1 is 0.500 bits per heavy atom. The summed E-state index contributed by atoms with van der Waals surface area (Å²) in [5.74, 6) is 0. The standard InChI is InChI=1S/C37H67N3/c1-3-5-7-9-11-15-23-39(25-17-18-26-39)33-36-29-35(32-38-21-13-14-22-38)30-37(31-36)34-40(27-19-20-28-40)24-16-12-10-8-6-4-2/h29-31H,3-28,32-34H2,1-2H3/q+2. The average molecular weight is 554 g/mol. The van der Waals surface area contributed by atoms with Crippen LogP contribution in [0.25, 0.3) is 0 Å². The lowest BCUT2D eigenvalue weighted by molar-refractivity contribution is -0.930. The molecule has 0 unspecified atom stereocenters. The Morgan fingerprint density at radius 3 is 1.35 bits per heavy atom. The molecule has 0 N–H and O–H groups in total. The minimum Gasteiger partial charge on any atom is -0.320 e. The van der Waals surface area contributed by atoms with Gasteiger partial charge in [0.05, 0.1) is 39.3 Å². The van der Waals surface area contributed by atoms with Crippen LogP contribution in [-0.4, -0.2) is 66.2 Å². The van der Waals surface area contributed by atoms with Crippen LogP contribution in [0.15, 0.2) is 18.2 Å². The van der Waals surface area contributed by atoms with E-state index in [0.29, 0.717) is 0 Å². The molecule has 3 fully saturated rings. The maximum Gasteiger partial charge on any atom is 0.104 e. The van der Waals surface area contributed by atoms with Crippen molar-refractivity contribution in [3.05, 3.63) is 34.9 Å². The number of hydrogen-bond acceptors (Lipinski definition) is 1. The number of rotatable bonds is 20. The Hall–Kier alpha value is -0.900. The fraction of sp³-hybridized carbons (Fsp3) is 0.838. The van der Waals surface area contributed by atoms with Crippen molar-refractivity contribution in [2.45, 2.75) is 149 Å². The molecule has 4 rings (SSSR count). The first-order chi connectivity index (χ1) is 19.6. The predicted octanol–water partition coefficient (Wildman–Crippen LogP) is 9.22. The maximum atomic E-state index is 2.72. The van der Waals surface area contributed by atoms with Gasteiger partial charge in [-0.1, -0.05) is 65.2 Å². The molecule has 0 aromatic heterocycles. The second-order valence-corrected chi connectivity index (χ2v) is 14.4. The van der Waals surface area contributed by atoms with Crippen molar-refractivity contribution in [3.8, 4) is 0 Å². The van der Waals surface area contributed by atoms with Crippen molar-refractivity contribution in [1.82, 2.24) is 4.90 Å². The van der Waals surface area contributed by atoms with Gasteiger partial charge in [-0.3, -0.25) is 4.90 Å². The van der Waals surface area contributed by atoms with Crippen LogP contribution in [-0.2, 0) is 19.6 Å². The predicted molar refractivity (Wildman–Crippen MR) is 173 cm³/mol. The number of quaternary nitrogens is 2. The van der Waals surface area contributed by atoms with E-state index in [-0.39, 0.29) is 0 Å². The quantitative estimate of drug-likeness (QED) is 0.115. The summed E-state index contributed by atoms with van der Waals surface area (Å²) in [4.78, 5) is 2.72. The molecule has 3 heterocycles. The van der Waals surface area contributed by atoms with E-state index in [2.05, 4.69) is 36.9 Å². The smallest absolute Gasteiger partial charge is 0.104 e. The van der Waals surface area contributed by atoms with Crippen molar-refractivity contribution in [1.29, 1.82) is 0 Å². The van der Waals surface area contributed by atoms with Gasteiger partial charge in [-0.2, -0.15) is 0 Å². The molecule has 0 aliphatic carbocycles. The fourth-order valence-corrected chi connectivity index (χ4v) is 8.48. The van der Waals surface area contributed by atoms with Crippen LogP contribution in [0, 0.1) is 0 Å². The summed E-state index contributed by atoms with van der Waals surface area (Å²) in [5, 5.41) is 0. The minimum atomic E-state index is 1.18. The number of nitrogens with zero attached hydrogens (tertiary/aromatic N) is 3. The molecule has 3 aliphatic rings. The highest BCUT2D eigenvalue weighted by molar-refractivity contribution is 5.30. The average Bonchev–Trinajstić information content (AvgIpc) is 3.72. The normalized spacial score (nSPS) is 20.6. The highest BCUT2D eigenvalue weighted by Gasteiger charge is 2.34.